The van der Waals surface area contributed by atoms with E-state index in [-0.39, 0.29) is 13.2 Å². The first-order valence-electron chi connectivity index (χ1n) is 2.27. The first kappa shape index (κ1) is 5.37. The van der Waals surface area contributed by atoms with Crippen molar-refractivity contribution in [2.45, 2.75) is 6.10 Å². The van der Waals surface area contributed by atoms with Gasteiger partial charge in [-0.3, -0.25) is 0 Å². The van der Waals surface area contributed by atoms with Crippen molar-refractivity contribution >= 4 is 6.16 Å². The maximum Gasteiger partial charge on any atom is 0.508 e. The number of aliphatic hydroxyl groups excluding tert-OH is 1. The van der Waals surface area contributed by atoms with Crippen molar-refractivity contribution in [3.05, 3.63) is 0 Å². The average Bonchev–Trinajstić information content (AvgIpc) is 2.14. The van der Waals surface area contributed by atoms with Crippen LogP contribution < -0.4 is 0 Å². The van der Waals surface area contributed by atoms with Gasteiger partial charge in [0.2, 0.25) is 0 Å². The molecule has 4 heteroatoms. The Morgan fingerprint density at radius 1 is 1.88 bits per heavy atom. The molecule has 0 saturated carbocycles. The van der Waals surface area contributed by atoms with Gasteiger partial charge < -0.3 is 14.6 Å². The zero-order valence-corrected chi connectivity index (χ0v) is 4.16. The first-order chi connectivity index (χ1) is 3.83. The van der Waals surface area contributed by atoms with Gasteiger partial charge in [0.15, 0.2) is 6.10 Å². The van der Waals surface area contributed by atoms with Crippen LogP contribution in [0, 0.1) is 0 Å². The number of carbonyl (C=O) groups is 1. The topological polar surface area (TPSA) is 55.8 Å². The number of aliphatic hydroxyl groups is 1. The second kappa shape index (κ2) is 2.00. The fourth-order valence-electron chi connectivity index (χ4n) is 0.455. The minimum atomic E-state index is -0.691. The van der Waals surface area contributed by atoms with Crippen molar-refractivity contribution in [2.75, 3.05) is 13.2 Å². The summed E-state index contributed by atoms with van der Waals surface area (Å²) in [6.45, 7) is 0.0150. The molecular formula is C4H6O4. The minimum Gasteiger partial charge on any atom is -0.430 e. The molecule has 1 aliphatic rings. The highest BCUT2D eigenvalue weighted by atomic mass is 16.9. The summed E-state index contributed by atoms with van der Waals surface area (Å²) >= 11 is 0. The lowest BCUT2D eigenvalue weighted by atomic mass is 10.4. The van der Waals surface area contributed by atoms with Gasteiger partial charge in [-0.25, -0.2) is 4.79 Å². The van der Waals surface area contributed by atoms with E-state index in [9.17, 15) is 4.79 Å². The highest BCUT2D eigenvalue weighted by Gasteiger charge is 2.23. The fraction of sp³-hybridized carbons (Fsp3) is 0.750. The summed E-state index contributed by atoms with van der Waals surface area (Å²) in [4.78, 5) is 10.1. The van der Waals surface area contributed by atoms with Gasteiger partial charge in [-0.15, -0.1) is 0 Å². The number of ether oxygens (including phenoxy) is 2. The van der Waals surface area contributed by atoms with Gasteiger partial charge >= 0.3 is 6.16 Å². The molecular weight excluding hydrogens is 113 g/mol. The molecule has 8 heavy (non-hydrogen) atoms. The maximum absolute atomic E-state index is 10.1. The molecule has 0 radical (unpaired) electrons. The molecule has 46 valence electrons. The van der Waals surface area contributed by atoms with E-state index >= 15 is 0 Å². The molecule has 0 aliphatic carbocycles. The monoisotopic (exact) mass is 119 g/mol. The molecule has 1 saturated heterocycles. The van der Waals surface area contributed by atoms with Crippen LogP contribution >= 0.6 is 0 Å². The van der Waals surface area contributed by atoms with Crippen molar-refractivity contribution in [1.82, 2.24) is 0 Å². The predicted molar refractivity (Wildman–Crippen MR) is 23.3 cm³/mol. The quantitative estimate of drug-likeness (QED) is 0.374. The molecule has 1 atom stereocenters. The molecule has 1 rings (SSSR count). The Hall–Kier alpha value is -0.770. The van der Waals surface area contributed by atoms with Crippen LogP contribution in [-0.2, 0) is 9.47 Å². The molecule has 4 nitrogen and oxygen atoms in total. The Bertz CT molecular complexity index is 100. The van der Waals surface area contributed by atoms with E-state index in [4.69, 9.17) is 5.11 Å². The SMILES string of the molecule is O=[13C]1OCC(CO)O1. The number of carbonyl (C=O) groups excluding carboxylic acids is 1. The van der Waals surface area contributed by atoms with E-state index in [0.717, 1.165) is 0 Å². The Kier molecular flexibility index (Phi) is 1.34. The molecule has 0 amide bonds. The van der Waals surface area contributed by atoms with Crippen molar-refractivity contribution in [3.8, 4) is 0 Å². The number of cyclic esters (lactones) is 2. The fourth-order valence-corrected chi connectivity index (χ4v) is 0.455. The van der Waals surface area contributed by atoms with Crippen LogP contribution in [0.1, 0.15) is 0 Å². The largest absolute Gasteiger partial charge is 0.508 e. The van der Waals surface area contributed by atoms with Gasteiger partial charge in [0.05, 0.1) is 6.61 Å². The molecule has 1 unspecified atom stereocenters. The van der Waals surface area contributed by atoms with E-state index < -0.39 is 12.3 Å². The summed E-state index contributed by atoms with van der Waals surface area (Å²) in [6, 6.07) is 0. The molecule has 1 heterocycles. The smallest absolute Gasteiger partial charge is 0.430 e. The van der Waals surface area contributed by atoms with Crippen LogP contribution in [0.3, 0.4) is 0 Å². The summed E-state index contributed by atoms with van der Waals surface area (Å²) in [5.74, 6) is 0. The van der Waals surface area contributed by atoms with Gasteiger partial charge in [-0.1, -0.05) is 0 Å². The van der Waals surface area contributed by atoms with E-state index in [1.165, 1.54) is 0 Å². The lowest BCUT2D eigenvalue weighted by Gasteiger charge is -1.96. The summed E-state index contributed by atoms with van der Waals surface area (Å²) in [5, 5.41) is 8.33. The van der Waals surface area contributed by atoms with Crippen molar-refractivity contribution in [2.24, 2.45) is 0 Å². The van der Waals surface area contributed by atoms with Crippen LogP contribution in [0.2, 0.25) is 0 Å². The van der Waals surface area contributed by atoms with Gasteiger partial charge in [0, 0.05) is 0 Å². The third kappa shape index (κ3) is 0.894. The van der Waals surface area contributed by atoms with Gasteiger partial charge in [0.1, 0.15) is 6.61 Å². The Balaban J connectivity index is 2.32. The van der Waals surface area contributed by atoms with E-state index in [1.807, 2.05) is 0 Å². The zero-order chi connectivity index (χ0) is 5.98. The Morgan fingerprint density at radius 2 is 2.62 bits per heavy atom. The molecule has 0 bridgehead atoms. The second-order valence-corrected chi connectivity index (χ2v) is 1.48. The third-order valence-corrected chi connectivity index (χ3v) is 0.854. The normalized spacial score (nSPS) is 27.1. The van der Waals surface area contributed by atoms with Gasteiger partial charge in [-0.05, 0) is 0 Å². The van der Waals surface area contributed by atoms with Crippen LogP contribution in [-0.4, -0.2) is 30.6 Å². The molecule has 1 aliphatic heterocycles. The van der Waals surface area contributed by atoms with E-state index in [0.29, 0.717) is 0 Å². The van der Waals surface area contributed by atoms with E-state index in [1.54, 1.807) is 0 Å². The zero-order valence-electron chi connectivity index (χ0n) is 4.16. The second-order valence-electron chi connectivity index (χ2n) is 1.48. The van der Waals surface area contributed by atoms with E-state index in [2.05, 4.69) is 9.47 Å². The minimum absolute atomic E-state index is 0.161. The third-order valence-electron chi connectivity index (χ3n) is 0.854. The van der Waals surface area contributed by atoms with Crippen molar-refractivity contribution in [1.29, 1.82) is 0 Å². The Labute approximate surface area is 46.0 Å². The molecule has 0 aromatic carbocycles. The average molecular weight is 119 g/mol. The van der Waals surface area contributed by atoms with Crippen LogP contribution in [0.15, 0.2) is 0 Å². The number of hydrogen-bond acceptors (Lipinski definition) is 4. The number of rotatable bonds is 1. The first-order valence-corrected chi connectivity index (χ1v) is 2.27. The number of hydrogen-bond donors (Lipinski definition) is 1. The predicted octanol–water partition coefficient (Wildman–Crippen LogP) is -0.486. The standard InChI is InChI=1S/C4H6O4/c5-1-3-2-7-4(6)8-3/h3,5H,1-2H2/i4+1. The maximum atomic E-state index is 10.1. The summed E-state index contributed by atoms with van der Waals surface area (Å²) in [5.41, 5.74) is 0. The highest BCUT2D eigenvalue weighted by Crippen LogP contribution is 2.03. The summed E-state index contributed by atoms with van der Waals surface area (Å²) in [7, 11) is 0. The van der Waals surface area contributed by atoms with Gasteiger partial charge in [0.25, 0.3) is 0 Å². The molecule has 0 aromatic rings. The summed E-state index contributed by atoms with van der Waals surface area (Å²) < 4.78 is 8.73. The van der Waals surface area contributed by atoms with Gasteiger partial charge in [-0.2, -0.15) is 0 Å². The Morgan fingerprint density at radius 3 is 2.88 bits per heavy atom. The lowest BCUT2D eigenvalue weighted by molar-refractivity contribution is 0.0919. The molecule has 1 fully saturated rings. The molecule has 0 spiro atoms. The van der Waals surface area contributed by atoms with Crippen molar-refractivity contribution < 1.29 is 19.4 Å². The molecule has 1 N–H and O–H groups in total. The van der Waals surface area contributed by atoms with Crippen LogP contribution in [0.5, 0.6) is 0 Å². The highest BCUT2D eigenvalue weighted by molar-refractivity contribution is 5.61. The lowest BCUT2D eigenvalue weighted by Crippen LogP contribution is -2.14. The van der Waals surface area contributed by atoms with Crippen LogP contribution in [0.25, 0.3) is 0 Å². The van der Waals surface area contributed by atoms with Crippen molar-refractivity contribution in [3.63, 3.8) is 0 Å². The van der Waals surface area contributed by atoms with Crippen LogP contribution in [0.4, 0.5) is 4.79 Å². The summed E-state index contributed by atoms with van der Waals surface area (Å²) in [6.07, 6.45) is -1.13. The molecule has 0 aromatic heterocycles.